The highest BCUT2D eigenvalue weighted by molar-refractivity contribution is 6.57. The number of hydrogen-bond acceptors (Lipinski definition) is 3. The van der Waals surface area contributed by atoms with Gasteiger partial charge in [-0.1, -0.05) is 6.07 Å². The van der Waals surface area contributed by atoms with Crippen molar-refractivity contribution in [2.24, 2.45) is 0 Å². The number of hydrogen-bond donors (Lipinski definition) is 2. The molecule has 0 bridgehead atoms. The first-order chi connectivity index (χ1) is 12.1. The maximum Gasteiger partial charge on any atom is 0.432 e. The Hall–Kier alpha value is -1.21. The van der Waals surface area contributed by atoms with Gasteiger partial charge in [0.05, 0.1) is 5.56 Å². The summed E-state index contributed by atoms with van der Waals surface area (Å²) in [6, 6.07) is 5.43. The van der Waals surface area contributed by atoms with E-state index in [-0.39, 0.29) is 23.7 Å². The molecule has 0 amide bonds. The maximum atomic E-state index is 13.1. The Balaban J connectivity index is 2.41. The maximum absolute atomic E-state index is 13.1. The second kappa shape index (κ2) is 7.32. The van der Waals surface area contributed by atoms with Crippen molar-refractivity contribution >= 4 is 12.8 Å². The van der Waals surface area contributed by atoms with Crippen LogP contribution in [-0.4, -0.2) is 28.5 Å². The normalized spacial score (nSPS) is 20.4. The molecule has 152 valence electrons. The van der Waals surface area contributed by atoms with Crippen LogP contribution in [0.15, 0.2) is 24.3 Å². The summed E-state index contributed by atoms with van der Waals surface area (Å²) in [5.74, 6) is 0. The van der Waals surface area contributed by atoms with Gasteiger partial charge in [-0.3, -0.25) is 4.81 Å². The minimum Gasteiger partial charge on any atom is -0.400 e. The van der Waals surface area contributed by atoms with Gasteiger partial charge in [0, 0.05) is 22.3 Å². The molecule has 1 saturated heterocycles. The lowest BCUT2D eigenvalue weighted by molar-refractivity contribution is -0.137. The molecule has 0 spiro atoms. The van der Waals surface area contributed by atoms with E-state index in [1.54, 1.807) is 6.07 Å². The molecule has 1 aliphatic heterocycles. The van der Waals surface area contributed by atoms with E-state index in [1.807, 2.05) is 0 Å². The minimum absolute atomic E-state index is 0.0840. The van der Waals surface area contributed by atoms with Crippen LogP contribution in [0.4, 0.5) is 18.9 Å². The third-order valence-electron chi connectivity index (χ3n) is 5.20. The summed E-state index contributed by atoms with van der Waals surface area (Å²) < 4.78 is 39.4. The zero-order chi connectivity index (χ0) is 20.7. The van der Waals surface area contributed by atoms with E-state index in [0.29, 0.717) is 5.69 Å². The van der Waals surface area contributed by atoms with E-state index >= 15 is 0 Å². The first-order valence-electron chi connectivity index (χ1n) is 9.63. The summed E-state index contributed by atoms with van der Waals surface area (Å²) in [7, 11) is -0.293. The lowest BCUT2D eigenvalue weighted by atomic mass is 9.68. The smallest absolute Gasteiger partial charge is 0.400 e. The van der Waals surface area contributed by atoms with Gasteiger partial charge in [0.25, 0.3) is 0 Å². The quantitative estimate of drug-likeness (QED) is 0.669. The van der Waals surface area contributed by atoms with Crippen LogP contribution in [0.2, 0.25) is 0 Å². The van der Waals surface area contributed by atoms with Crippen molar-refractivity contribution < 1.29 is 13.2 Å². The largest absolute Gasteiger partial charge is 0.432 e. The Morgan fingerprint density at radius 3 is 2.04 bits per heavy atom. The summed E-state index contributed by atoms with van der Waals surface area (Å²) >= 11 is 0. The molecule has 1 heterocycles. The second-order valence-electron chi connectivity index (χ2n) is 9.87. The van der Waals surface area contributed by atoms with Crippen molar-refractivity contribution in [3.8, 4) is 0 Å². The molecule has 0 aromatic heterocycles. The molecule has 0 radical (unpaired) electrons. The SMILES string of the molecule is CC(C)(C)NB(Nc1cccc(C(F)(F)F)c1)N1C(C)(C)CCCC1(C)C. The summed E-state index contributed by atoms with van der Waals surface area (Å²) in [5.41, 5.74) is -0.551. The van der Waals surface area contributed by atoms with Crippen molar-refractivity contribution in [1.82, 2.24) is 10.0 Å². The van der Waals surface area contributed by atoms with Crippen molar-refractivity contribution in [3.63, 3.8) is 0 Å². The summed E-state index contributed by atoms with van der Waals surface area (Å²) in [6.45, 7) is 15.0. The predicted molar refractivity (Wildman–Crippen MR) is 108 cm³/mol. The van der Waals surface area contributed by atoms with Crippen molar-refractivity contribution in [3.05, 3.63) is 29.8 Å². The standard InChI is InChI=1S/C20H33BF3N3/c1-17(2,3)26-21(27-18(4,5)12-9-13-19(27,6)7)25-16-11-8-10-15(14-16)20(22,23)24/h8,10-11,14,25-26H,9,12-13H2,1-7H3. The molecule has 0 saturated carbocycles. The van der Waals surface area contributed by atoms with Gasteiger partial charge in [0.2, 0.25) is 0 Å². The monoisotopic (exact) mass is 383 g/mol. The van der Waals surface area contributed by atoms with Crippen molar-refractivity contribution in [2.75, 3.05) is 5.23 Å². The van der Waals surface area contributed by atoms with Crippen molar-refractivity contribution in [2.45, 2.75) is 90.5 Å². The predicted octanol–water partition coefficient (Wildman–Crippen LogP) is 5.53. The number of piperidine rings is 1. The Kier molecular flexibility index (Phi) is 5.99. The highest BCUT2D eigenvalue weighted by Crippen LogP contribution is 2.39. The van der Waals surface area contributed by atoms with Crippen LogP contribution in [-0.2, 0) is 6.18 Å². The third-order valence-corrected chi connectivity index (χ3v) is 5.20. The molecule has 1 aromatic rings. The molecule has 3 nitrogen and oxygen atoms in total. The molecule has 0 atom stereocenters. The van der Waals surface area contributed by atoms with Crippen LogP contribution >= 0.6 is 0 Å². The molecule has 1 aromatic carbocycles. The third kappa shape index (κ3) is 5.64. The van der Waals surface area contributed by atoms with Gasteiger partial charge in [-0.05, 0) is 85.9 Å². The molecular formula is C20H33BF3N3. The van der Waals surface area contributed by atoms with Gasteiger partial charge >= 0.3 is 13.3 Å². The lowest BCUT2D eigenvalue weighted by Gasteiger charge is -2.56. The molecule has 2 N–H and O–H groups in total. The first kappa shape index (κ1) is 22.1. The number of benzene rings is 1. The van der Waals surface area contributed by atoms with Crippen LogP contribution in [0, 0.1) is 0 Å². The topological polar surface area (TPSA) is 27.3 Å². The Morgan fingerprint density at radius 2 is 1.56 bits per heavy atom. The van der Waals surface area contributed by atoms with Crippen LogP contribution in [0.1, 0.15) is 73.3 Å². The molecule has 0 aliphatic carbocycles. The summed E-state index contributed by atoms with van der Waals surface area (Å²) in [4.78, 5) is 2.38. The summed E-state index contributed by atoms with van der Waals surface area (Å²) in [5, 5.41) is 6.92. The number of halogens is 3. The Morgan fingerprint density at radius 1 is 1.00 bits per heavy atom. The zero-order valence-electron chi connectivity index (χ0n) is 17.6. The van der Waals surface area contributed by atoms with Gasteiger partial charge in [0.15, 0.2) is 0 Å². The molecule has 27 heavy (non-hydrogen) atoms. The molecule has 7 heteroatoms. The number of rotatable bonds is 4. The molecule has 1 fully saturated rings. The zero-order valence-corrected chi connectivity index (χ0v) is 17.6. The van der Waals surface area contributed by atoms with Gasteiger partial charge in [-0.25, -0.2) is 0 Å². The van der Waals surface area contributed by atoms with Gasteiger partial charge in [0.1, 0.15) is 0 Å². The molecule has 0 unspecified atom stereocenters. The average Bonchev–Trinajstić information content (AvgIpc) is 2.42. The van der Waals surface area contributed by atoms with Gasteiger partial charge in [-0.2, -0.15) is 13.2 Å². The van der Waals surface area contributed by atoms with E-state index in [1.165, 1.54) is 12.1 Å². The van der Waals surface area contributed by atoms with Crippen LogP contribution in [0.5, 0.6) is 0 Å². The highest BCUT2D eigenvalue weighted by atomic mass is 19.4. The number of anilines is 1. The van der Waals surface area contributed by atoms with Crippen LogP contribution < -0.4 is 10.5 Å². The number of nitrogens with one attached hydrogen (secondary N) is 2. The molecular weight excluding hydrogens is 350 g/mol. The first-order valence-corrected chi connectivity index (χ1v) is 9.63. The lowest BCUT2D eigenvalue weighted by Crippen LogP contribution is -2.73. The minimum atomic E-state index is -4.35. The van der Waals surface area contributed by atoms with Crippen LogP contribution in [0.3, 0.4) is 0 Å². The second-order valence-corrected chi connectivity index (χ2v) is 9.87. The fourth-order valence-corrected chi connectivity index (χ4v) is 4.23. The van der Waals surface area contributed by atoms with E-state index in [4.69, 9.17) is 0 Å². The fraction of sp³-hybridized carbons (Fsp3) is 0.700. The van der Waals surface area contributed by atoms with Gasteiger partial charge < -0.3 is 10.5 Å². The van der Waals surface area contributed by atoms with E-state index in [9.17, 15) is 13.2 Å². The Labute approximate surface area is 162 Å². The molecule has 2 rings (SSSR count). The van der Waals surface area contributed by atoms with Crippen molar-refractivity contribution in [1.29, 1.82) is 0 Å². The number of alkyl halides is 3. The van der Waals surface area contributed by atoms with E-state index in [0.717, 1.165) is 25.3 Å². The fourth-order valence-electron chi connectivity index (χ4n) is 4.23. The van der Waals surface area contributed by atoms with E-state index < -0.39 is 11.7 Å². The highest BCUT2D eigenvalue weighted by Gasteiger charge is 2.48. The number of nitrogens with zero attached hydrogens (tertiary/aromatic N) is 1. The van der Waals surface area contributed by atoms with Gasteiger partial charge in [-0.15, -0.1) is 0 Å². The summed E-state index contributed by atoms with van der Waals surface area (Å²) in [6.07, 6.45) is -1.12. The van der Waals surface area contributed by atoms with E-state index in [2.05, 4.69) is 63.7 Å². The molecule has 1 aliphatic rings. The Bertz CT molecular complexity index is 635. The average molecular weight is 383 g/mol. The van der Waals surface area contributed by atoms with Crippen LogP contribution in [0.25, 0.3) is 0 Å².